The number of rotatable bonds is 6. The first-order valence-corrected chi connectivity index (χ1v) is 9.42. The number of amides is 1. The van der Waals surface area contributed by atoms with Gasteiger partial charge >= 0.3 is 0 Å². The fourth-order valence-corrected chi connectivity index (χ4v) is 3.30. The lowest BCUT2D eigenvalue weighted by Crippen LogP contribution is -2.23. The van der Waals surface area contributed by atoms with Crippen LogP contribution in [0.1, 0.15) is 18.1 Å². The van der Waals surface area contributed by atoms with E-state index < -0.39 is 15.7 Å². The molecular weight excluding hydrogens is 350 g/mol. The molecule has 26 heavy (non-hydrogen) atoms. The van der Waals surface area contributed by atoms with E-state index in [1.807, 2.05) is 6.92 Å². The summed E-state index contributed by atoms with van der Waals surface area (Å²) in [5.41, 5.74) is 1.88. The maximum Gasteiger partial charge on any atom is 0.250 e. The van der Waals surface area contributed by atoms with Crippen LogP contribution in [0.2, 0.25) is 0 Å². The normalized spacial score (nSPS) is 11.7. The quantitative estimate of drug-likeness (QED) is 0.789. The molecule has 0 aliphatic carbocycles. The number of ether oxygens (including phenoxy) is 1. The molecular formula is C20H21NO4S. The van der Waals surface area contributed by atoms with Crippen LogP contribution in [-0.4, -0.2) is 21.4 Å². The summed E-state index contributed by atoms with van der Waals surface area (Å²) >= 11 is 0. The molecule has 6 heteroatoms. The molecule has 0 spiro atoms. The second-order valence-corrected chi connectivity index (χ2v) is 7.65. The van der Waals surface area contributed by atoms with E-state index in [1.54, 1.807) is 43.3 Å². The summed E-state index contributed by atoms with van der Waals surface area (Å²) < 4.78 is 30.7. The van der Waals surface area contributed by atoms with Gasteiger partial charge in [-0.2, -0.15) is 0 Å². The van der Waals surface area contributed by atoms with Gasteiger partial charge in [0.2, 0.25) is 9.84 Å². The van der Waals surface area contributed by atoms with Crippen molar-refractivity contribution in [3.8, 4) is 5.75 Å². The zero-order valence-corrected chi connectivity index (χ0v) is 15.8. The minimum Gasteiger partial charge on any atom is -0.497 e. The van der Waals surface area contributed by atoms with E-state index in [2.05, 4.69) is 11.9 Å². The first-order chi connectivity index (χ1) is 12.2. The molecule has 136 valence electrons. The van der Waals surface area contributed by atoms with Crippen molar-refractivity contribution in [2.24, 2.45) is 0 Å². The van der Waals surface area contributed by atoms with Crippen LogP contribution in [0.3, 0.4) is 0 Å². The van der Waals surface area contributed by atoms with Crippen molar-refractivity contribution in [2.75, 3.05) is 7.11 Å². The molecule has 0 aliphatic heterocycles. The van der Waals surface area contributed by atoms with Gasteiger partial charge in [-0.15, -0.1) is 0 Å². The van der Waals surface area contributed by atoms with Gasteiger partial charge in [-0.3, -0.25) is 4.79 Å². The van der Waals surface area contributed by atoms with Gasteiger partial charge in [-0.05, 0) is 38.1 Å². The first kappa shape index (κ1) is 19.5. The van der Waals surface area contributed by atoms with Gasteiger partial charge in [0, 0.05) is 11.1 Å². The van der Waals surface area contributed by atoms with E-state index in [4.69, 9.17) is 4.74 Å². The number of carbonyl (C=O) groups is 1. The molecule has 0 bridgehead atoms. The van der Waals surface area contributed by atoms with Crippen LogP contribution >= 0.6 is 0 Å². The van der Waals surface area contributed by atoms with Gasteiger partial charge in [0.15, 0.2) is 0 Å². The van der Waals surface area contributed by atoms with Crippen molar-refractivity contribution < 1.29 is 17.9 Å². The second-order valence-electron chi connectivity index (χ2n) is 5.86. The largest absolute Gasteiger partial charge is 0.497 e. The zero-order valence-electron chi connectivity index (χ0n) is 14.9. The van der Waals surface area contributed by atoms with Crippen molar-refractivity contribution in [3.63, 3.8) is 0 Å². The van der Waals surface area contributed by atoms with E-state index in [-0.39, 0.29) is 16.2 Å². The lowest BCUT2D eigenvalue weighted by atomic mass is 10.1. The number of carbonyl (C=O) groups excluding carboxylic acids is 1. The van der Waals surface area contributed by atoms with E-state index in [9.17, 15) is 13.2 Å². The van der Waals surface area contributed by atoms with Crippen LogP contribution in [-0.2, 0) is 14.6 Å². The summed E-state index contributed by atoms with van der Waals surface area (Å²) in [4.78, 5) is 12.2. The van der Waals surface area contributed by atoms with Crippen molar-refractivity contribution >= 4 is 21.4 Å². The molecule has 0 saturated carbocycles. The molecule has 1 N–H and O–H groups in total. The van der Waals surface area contributed by atoms with Crippen LogP contribution in [0.5, 0.6) is 5.75 Å². The van der Waals surface area contributed by atoms with Crippen molar-refractivity contribution in [1.82, 2.24) is 5.32 Å². The average Bonchev–Trinajstić information content (AvgIpc) is 2.61. The van der Waals surface area contributed by atoms with Crippen LogP contribution in [0, 0.1) is 6.92 Å². The maximum atomic E-state index is 12.8. The minimum absolute atomic E-state index is 0.146. The predicted molar refractivity (Wildman–Crippen MR) is 102 cm³/mol. The number of aryl methyl sites for hydroxylation is 1. The SMILES string of the molecule is C=C(C)C(=O)NC(=CS(=O)(=O)c1ccc(C)cc1)c1cccc(OC)c1. The van der Waals surface area contributed by atoms with Gasteiger partial charge in [0.05, 0.1) is 23.1 Å². The molecule has 0 radical (unpaired) electrons. The van der Waals surface area contributed by atoms with Crippen molar-refractivity contribution in [2.45, 2.75) is 18.7 Å². The lowest BCUT2D eigenvalue weighted by Gasteiger charge is -2.12. The Kier molecular flexibility index (Phi) is 6.00. The van der Waals surface area contributed by atoms with E-state index >= 15 is 0 Å². The summed E-state index contributed by atoms with van der Waals surface area (Å²) in [6.07, 6.45) is 0. The fourth-order valence-electron chi connectivity index (χ4n) is 2.14. The third-order valence-electron chi connectivity index (χ3n) is 3.64. The first-order valence-electron chi connectivity index (χ1n) is 7.87. The highest BCUT2D eigenvalue weighted by atomic mass is 32.2. The highest BCUT2D eigenvalue weighted by Gasteiger charge is 2.16. The topological polar surface area (TPSA) is 72.5 Å². The Morgan fingerprint density at radius 2 is 1.81 bits per heavy atom. The number of methoxy groups -OCH3 is 1. The Labute approximate surface area is 153 Å². The molecule has 0 fully saturated rings. The summed E-state index contributed by atoms with van der Waals surface area (Å²) in [5, 5.41) is 3.66. The van der Waals surface area contributed by atoms with Gasteiger partial charge in [-0.25, -0.2) is 8.42 Å². The molecule has 0 atom stereocenters. The van der Waals surface area contributed by atoms with Crippen molar-refractivity contribution in [1.29, 1.82) is 0 Å². The third-order valence-corrected chi connectivity index (χ3v) is 5.11. The Morgan fingerprint density at radius 1 is 1.15 bits per heavy atom. The molecule has 0 aromatic heterocycles. The van der Waals surface area contributed by atoms with E-state index in [0.29, 0.717) is 11.3 Å². The smallest absolute Gasteiger partial charge is 0.250 e. The zero-order chi connectivity index (χ0) is 19.3. The molecule has 0 aliphatic rings. The van der Waals surface area contributed by atoms with Gasteiger partial charge in [0.1, 0.15) is 5.75 Å². The molecule has 2 rings (SSSR count). The number of hydrogen-bond acceptors (Lipinski definition) is 4. The minimum atomic E-state index is -3.76. The maximum absolute atomic E-state index is 12.8. The lowest BCUT2D eigenvalue weighted by molar-refractivity contribution is -0.116. The van der Waals surface area contributed by atoms with Crippen LogP contribution in [0.4, 0.5) is 0 Å². The second kappa shape index (κ2) is 8.01. The predicted octanol–water partition coefficient (Wildman–Crippen LogP) is 3.47. The molecule has 5 nitrogen and oxygen atoms in total. The van der Waals surface area contributed by atoms with Gasteiger partial charge in [0.25, 0.3) is 5.91 Å². The molecule has 0 saturated heterocycles. The van der Waals surface area contributed by atoms with E-state index in [1.165, 1.54) is 19.2 Å². The molecule has 0 heterocycles. The van der Waals surface area contributed by atoms with Crippen LogP contribution in [0.25, 0.3) is 5.70 Å². The fraction of sp³-hybridized carbons (Fsp3) is 0.150. The molecule has 0 unspecified atom stereocenters. The Hall–Kier alpha value is -2.86. The molecule has 2 aromatic carbocycles. The Bertz CT molecular complexity index is 958. The van der Waals surface area contributed by atoms with Crippen molar-refractivity contribution in [3.05, 3.63) is 77.2 Å². The van der Waals surface area contributed by atoms with Crippen LogP contribution in [0.15, 0.2) is 71.0 Å². The summed E-state index contributed by atoms with van der Waals surface area (Å²) in [7, 11) is -2.25. The Balaban J connectivity index is 2.54. The third kappa shape index (κ3) is 4.83. The number of sulfone groups is 1. The summed E-state index contributed by atoms with van der Waals surface area (Å²) in [6, 6.07) is 13.3. The molecule has 2 aromatic rings. The van der Waals surface area contributed by atoms with Gasteiger partial charge < -0.3 is 10.1 Å². The standard InChI is InChI=1S/C20H21NO4S/c1-14(2)20(22)21-19(16-6-5-7-17(12-16)25-4)13-26(23,24)18-10-8-15(3)9-11-18/h5-13H,1H2,2-4H3,(H,21,22). The highest BCUT2D eigenvalue weighted by Crippen LogP contribution is 2.22. The monoisotopic (exact) mass is 371 g/mol. The summed E-state index contributed by atoms with van der Waals surface area (Å²) in [6.45, 7) is 7.01. The highest BCUT2D eigenvalue weighted by molar-refractivity contribution is 7.94. The number of nitrogens with one attached hydrogen (secondary N) is 1. The number of benzene rings is 2. The number of hydrogen-bond donors (Lipinski definition) is 1. The van der Waals surface area contributed by atoms with E-state index in [0.717, 1.165) is 11.0 Å². The van der Waals surface area contributed by atoms with Gasteiger partial charge in [-0.1, -0.05) is 36.4 Å². The summed E-state index contributed by atoms with van der Waals surface area (Å²) in [5.74, 6) is 0.0869. The molecule has 1 amide bonds. The van der Waals surface area contributed by atoms with Crippen LogP contribution < -0.4 is 10.1 Å². The average molecular weight is 371 g/mol. The Morgan fingerprint density at radius 3 is 2.38 bits per heavy atom.